The molecule has 4 N–H and O–H groups in total. The third-order valence-corrected chi connectivity index (χ3v) is 11.5. The van der Waals surface area contributed by atoms with Gasteiger partial charge in [0.1, 0.15) is 37.7 Å². The van der Waals surface area contributed by atoms with Crippen LogP contribution >= 0.6 is 0 Å². The van der Waals surface area contributed by atoms with Gasteiger partial charge in [-0.25, -0.2) is 9.37 Å². The molecule has 4 heterocycles. The van der Waals surface area contributed by atoms with Gasteiger partial charge in [-0.1, -0.05) is 56.2 Å². The smallest absolute Gasteiger partial charge is 0.293 e. The SMILES string of the molecule is C=C(OCCNC(=O)CNC)OC(C)c1cc2n(c(=O)c1COC=O)Cc1c-2nc2cc(F)c(C)c3c2c1CCC3.CC.CNCC=O.Cc1ccccc1.O=CCNC(=O)CCCCCN1C(=O)C=CC1=O. The molecule has 73 heavy (non-hydrogen) atoms. The standard InChI is InChI=1S/C30H33FN4O6.C12H16N2O4.C7H8.C3H7NO.C2H6/c1-16-19-6-5-7-20-22-13-35-26(29(22)34-25(28(19)20)11-24(16)31)10-21(23(30(35)38)14-39-15-36)17(2)41-18(3)40-9-8-33-27(37)12-32-4;15-9-7-13-10(16)4-2-1-3-8-14-11(17)5-6-12(14)18;1-7-5-3-2-4-6-7;1-4-2-3-5;1-2/h10-11,15,17,32H,3,5-9,12-14H2,1-2,4H3,(H,33,37);5-6,9H,1-4,7-8H2,(H,13,16);2-6H,1H3;3-4H,2H2,1H3;1-2H3. The molecule has 1 atom stereocenters. The highest BCUT2D eigenvalue weighted by atomic mass is 19.1. The summed E-state index contributed by atoms with van der Waals surface area (Å²) in [5.41, 5.74) is 7.30. The number of aryl methyl sites for hydroxylation is 3. The molecule has 19 heteroatoms. The molecule has 2 aliphatic heterocycles. The van der Waals surface area contributed by atoms with Crippen molar-refractivity contribution in [3.8, 4) is 11.4 Å². The molecule has 394 valence electrons. The molecular weight excluding hydrogens is 942 g/mol. The number of carbonyl (C=O) groups is 7. The van der Waals surface area contributed by atoms with Gasteiger partial charge in [-0.15, -0.1) is 0 Å². The summed E-state index contributed by atoms with van der Waals surface area (Å²) in [7, 11) is 3.41. The van der Waals surface area contributed by atoms with Crippen LogP contribution in [-0.4, -0.2) is 111 Å². The lowest BCUT2D eigenvalue weighted by Crippen LogP contribution is -2.34. The molecule has 0 fully saturated rings. The van der Waals surface area contributed by atoms with Crippen molar-refractivity contribution in [2.45, 2.75) is 98.8 Å². The zero-order valence-corrected chi connectivity index (χ0v) is 43.0. The van der Waals surface area contributed by atoms with Crippen LogP contribution in [0.25, 0.3) is 22.3 Å². The Kier molecular flexibility index (Phi) is 26.1. The minimum atomic E-state index is -0.695. The number of nitrogens with zero attached hydrogens (tertiary/aromatic N) is 3. The van der Waals surface area contributed by atoms with Crippen LogP contribution < -0.4 is 26.8 Å². The second kappa shape index (κ2) is 31.8. The summed E-state index contributed by atoms with van der Waals surface area (Å²) in [5, 5.41) is 11.5. The average molecular weight is 1010 g/mol. The first-order valence-electron chi connectivity index (χ1n) is 24.4. The minimum Gasteiger partial charge on any atom is -0.464 e. The second-order valence-electron chi connectivity index (χ2n) is 16.6. The molecule has 1 unspecified atom stereocenters. The number of ether oxygens (including phenoxy) is 3. The Morgan fingerprint density at radius 1 is 0.877 bits per heavy atom. The topological polar surface area (TPSA) is 233 Å². The van der Waals surface area contributed by atoms with Crippen LogP contribution in [0.1, 0.15) is 97.9 Å². The molecule has 0 saturated carbocycles. The highest BCUT2D eigenvalue weighted by molar-refractivity contribution is 6.12. The molecule has 4 amide bonds. The van der Waals surface area contributed by atoms with Crippen molar-refractivity contribution in [2.24, 2.45) is 0 Å². The van der Waals surface area contributed by atoms with Crippen LogP contribution in [0, 0.1) is 19.7 Å². The Balaban J connectivity index is 0.000000359. The number of likely N-dealkylation sites (N-methyl/N-ethyl adjacent to an activating group) is 2. The van der Waals surface area contributed by atoms with Gasteiger partial charge >= 0.3 is 0 Å². The molecule has 2 aromatic carbocycles. The fourth-order valence-electron chi connectivity index (χ4n) is 8.07. The number of aldehydes is 2. The fourth-order valence-corrected chi connectivity index (χ4v) is 8.07. The average Bonchev–Trinajstić information content (AvgIpc) is 3.92. The number of imide groups is 1. The fraction of sp³-hybridized carbons (Fsp3) is 0.426. The zero-order chi connectivity index (χ0) is 53.9. The highest BCUT2D eigenvalue weighted by Gasteiger charge is 2.32. The van der Waals surface area contributed by atoms with Crippen LogP contribution in [0.2, 0.25) is 0 Å². The lowest BCUT2D eigenvalue weighted by Gasteiger charge is -2.22. The van der Waals surface area contributed by atoms with E-state index in [-0.39, 0.29) is 79.4 Å². The molecule has 4 aromatic rings. The van der Waals surface area contributed by atoms with Gasteiger partial charge in [-0.2, -0.15) is 0 Å². The van der Waals surface area contributed by atoms with Crippen molar-refractivity contribution >= 4 is 53.6 Å². The Bertz CT molecular complexity index is 2620. The van der Waals surface area contributed by atoms with Gasteiger partial charge in [0.05, 0.1) is 55.2 Å². The maximum atomic E-state index is 14.8. The molecule has 0 spiro atoms. The number of pyridine rings is 2. The number of unbranched alkanes of at least 4 members (excludes halogenated alkanes) is 2. The van der Waals surface area contributed by atoms with Crippen LogP contribution in [0.4, 0.5) is 4.39 Å². The largest absolute Gasteiger partial charge is 0.464 e. The van der Waals surface area contributed by atoms with Gasteiger partial charge in [0.15, 0.2) is 0 Å². The molecule has 18 nitrogen and oxygen atoms in total. The second-order valence-corrected chi connectivity index (χ2v) is 16.6. The van der Waals surface area contributed by atoms with E-state index in [9.17, 15) is 42.7 Å². The monoisotopic (exact) mass is 1010 g/mol. The lowest BCUT2D eigenvalue weighted by atomic mass is 9.85. The van der Waals surface area contributed by atoms with Crippen LogP contribution in [0.15, 0.2) is 71.9 Å². The summed E-state index contributed by atoms with van der Waals surface area (Å²) < 4.78 is 32.8. The van der Waals surface area contributed by atoms with E-state index in [0.717, 1.165) is 54.0 Å². The molecular formula is C54H70FN7O11. The van der Waals surface area contributed by atoms with Gasteiger partial charge in [0.25, 0.3) is 29.8 Å². The van der Waals surface area contributed by atoms with E-state index >= 15 is 0 Å². The van der Waals surface area contributed by atoms with Crippen molar-refractivity contribution < 1.29 is 52.2 Å². The van der Waals surface area contributed by atoms with Crippen molar-refractivity contribution in [3.05, 3.63) is 122 Å². The number of hydrogen-bond donors (Lipinski definition) is 4. The Morgan fingerprint density at radius 2 is 1.56 bits per heavy atom. The zero-order valence-electron chi connectivity index (χ0n) is 43.0. The number of rotatable bonds is 22. The molecule has 7 rings (SSSR count). The number of halogens is 1. The van der Waals surface area contributed by atoms with E-state index in [0.29, 0.717) is 79.7 Å². The number of hydrogen-bond acceptors (Lipinski definition) is 14. The van der Waals surface area contributed by atoms with E-state index in [1.807, 2.05) is 38.1 Å². The Hall–Kier alpha value is -7.38. The van der Waals surface area contributed by atoms with Gasteiger partial charge < -0.3 is 49.6 Å². The minimum absolute atomic E-state index is 0.00976. The van der Waals surface area contributed by atoms with E-state index in [2.05, 4.69) is 46.9 Å². The molecule has 0 saturated heterocycles. The summed E-state index contributed by atoms with van der Waals surface area (Å²) in [6.07, 6.45) is 8.25. The van der Waals surface area contributed by atoms with E-state index < -0.39 is 6.10 Å². The van der Waals surface area contributed by atoms with Gasteiger partial charge in [-0.3, -0.25) is 33.7 Å². The number of carbonyl (C=O) groups excluding carboxylic acids is 7. The first-order chi connectivity index (χ1) is 35.2. The normalized spacial score (nSPS) is 12.6. The highest BCUT2D eigenvalue weighted by Crippen LogP contribution is 2.42. The molecule has 0 bridgehead atoms. The van der Waals surface area contributed by atoms with Gasteiger partial charge in [0.2, 0.25) is 11.8 Å². The van der Waals surface area contributed by atoms with E-state index in [4.69, 9.17) is 19.2 Å². The van der Waals surface area contributed by atoms with E-state index in [1.165, 1.54) is 28.7 Å². The quantitative estimate of drug-likeness (QED) is 0.0304. The molecule has 0 radical (unpaired) electrons. The Morgan fingerprint density at radius 3 is 2.16 bits per heavy atom. The molecule has 3 aliphatic rings. The van der Waals surface area contributed by atoms with Crippen LogP contribution in [-0.2, 0) is 73.8 Å². The number of fused-ring (bicyclic) bond motifs is 4. The summed E-state index contributed by atoms with van der Waals surface area (Å²) in [6, 6.07) is 13.6. The summed E-state index contributed by atoms with van der Waals surface area (Å²) in [5.74, 6) is -1.15. The van der Waals surface area contributed by atoms with Crippen molar-refractivity contribution in [3.63, 3.8) is 0 Å². The number of benzene rings is 2. The number of amides is 4. The van der Waals surface area contributed by atoms with Gasteiger partial charge in [0, 0.05) is 47.7 Å². The van der Waals surface area contributed by atoms with Crippen molar-refractivity contribution in [2.75, 3.05) is 53.4 Å². The predicted molar refractivity (Wildman–Crippen MR) is 276 cm³/mol. The first-order valence-corrected chi connectivity index (χ1v) is 24.4. The summed E-state index contributed by atoms with van der Waals surface area (Å²) >= 11 is 0. The third-order valence-electron chi connectivity index (χ3n) is 11.5. The lowest BCUT2D eigenvalue weighted by molar-refractivity contribution is -0.137. The summed E-state index contributed by atoms with van der Waals surface area (Å²) in [4.78, 5) is 95.3. The van der Waals surface area contributed by atoms with Crippen LogP contribution in [0.5, 0.6) is 0 Å². The maximum absolute atomic E-state index is 14.8. The summed E-state index contributed by atoms with van der Waals surface area (Å²) in [6.45, 7) is 15.3. The number of nitrogens with one attached hydrogen (secondary N) is 4. The first kappa shape index (κ1) is 59.9. The maximum Gasteiger partial charge on any atom is 0.293 e. The number of aromatic nitrogens is 2. The predicted octanol–water partition coefficient (Wildman–Crippen LogP) is 5.15. The Labute approximate surface area is 426 Å². The third kappa shape index (κ3) is 17.7. The molecule has 1 aliphatic carbocycles. The molecule has 2 aromatic heterocycles. The van der Waals surface area contributed by atoms with E-state index in [1.54, 1.807) is 32.5 Å². The van der Waals surface area contributed by atoms with Crippen LogP contribution in [0.3, 0.4) is 0 Å². The van der Waals surface area contributed by atoms with Crippen molar-refractivity contribution in [1.29, 1.82) is 0 Å². The van der Waals surface area contributed by atoms with Crippen molar-refractivity contribution in [1.82, 2.24) is 35.7 Å². The van der Waals surface area contributed by atoms with Gasteiger partial charge in [-0.05, 0) is 96.3 Å².